The summed E-state index contributed by atoms with van der Waals surface area (Å²) in [5.74, 6) is 0.983. The molecule has 1 saturated carbocycles. The van der Waals surface area contributed by atoms with Crippen LogP contribution >= 0.6 is 0 Å². The number of methoxy groups -OCH3 is 1. The van der Waals surface area contributed by atoms with E-state index in [9.17, 15) is 0 Å². The summed E-state index contributed by atoms with van der Waals surface area (Å²) in [6.45, 7) is 9.99. The fourth-order valence-corrected chi connectivity index (χ4v) is 5.32. The zero-order valence-corrected chi connectivity index (χ0v) is 18.2. The topological polar surface area (TPSA) is 58.1 Å². The van der Waals surface area contributed by atoms with Crippen molar-refractivity contribution in [2.75, 3.05) is 59.7 Å². The molecule has 0 bridgehead atoms. The van der Waals surface area contributed by atoms with Crippen LogP contribution in [-0.4, -0.2) is 76.1 Å². The summed E-state index contributed by atoms with van der Waals surface area (Å²) < 4.78 is 11.1. The van der Waals surface area contributed by atoms with Crippen molar-refractivity contribution in [2.24, 2.45) is 10.4 Å². The number of nitrogens with one attached hydrogen (secondary N) is 2. The number of likely N-dealkylation sites (tertiary alicyclic amines) is 1. The fourth-order valence-electron chi connectivity index (χ4n) is 5.32. The van der Waals surface area contributed by atoms with Crippen molar-refractivity contribution < 1.29 is 9.47 Å². The van der Waals surface area contributed by atoms with Crippen LogP contribution < -0.4 is 10.6 Å². The molecule has 1 aliphatic carbocycles. The summed E-state index contributed by atoms with van der Waals surface area (Å²) >= 11 is 0. The molecule has 3 aliphatic rings. The second-order valence-electron chi connectivity index (χ2n) is 9.03. The largest absolute Gasteiger partial charge is 0.385 e. The Morgan fingerprint density at radius 1 is 1.04 bits per heavy atom. The standard InChI is InChI=1S/C22H42N4O2/c1-3-23-20(24-18-21(10-15-27-2)8-4-5-9-21)25-19-22(11-16-28-17-12-22)26-13-6-7-14-26/h3-19H2,1-2H3,(H2,23,24,25). The van der Waals surface area contributed by atoms with Crippen LogP contribution in [0.2, 0.25) is 0 Å². The van der Waals surface area contributed by atoms with Crippen LogP contribution in [0.5, 0.6) is 0 Å². The van der Waals surface area contributed by atoms with Crippen molar-refractivity contribution >= 4 is 5.96 Å². The number of ether oxygens (including phenoxy) is 2. The minimum atomic E-state index is 0.228. The van der Waals surface area contributed by atoms with Gasteiger partial charge in [0.2, 0.25) is 0 Å². The summed E-state index contributed by atoms with van der Waals surface area (Å²) in [7, 11) is 1.81. The van der Waals surface area contributed by atoms with Gasteiger partial charge in [0.15, 0.2) is 5.96 Å². The van der Waals surface area contributed by atoms with E-state index in [1.807, 2.05) is 7.11 Å². The van der Waals surface area contributed by atoms with Gasteiger partial charge < -0.3 is 20.1 Å². The predicted octanol–water partition coefficient (Wildman–Crippen LogP) is 2.78. The number of hydrogen-bond donors (Lipinski definition) is 2. The molecule has 2 heterocycles. The maximum Gasteiger partial charge on any atom is 0.191 e. The van der Waals surface area contributed by atoms with Crippen LogP contribution in [0.3, 0.4) is 0 Å². The maximum atomic E-state index is 5.69. The van der Waals surface area contributed by atoms with Gasteiger partial charge in [0, 0.05) is 52.1 Å². The van der Waals surface area contributed by atoms with Crippen LogP contribution in [0.4, 0.5) is 0 Å². The van der Waals surface area contributed by atoms with Gasteiger partial charge in [0.25, 0.3) is 0 Å². The zero-order valence-electron chi connectivity index (χ0n) is 18.2. The van der Waals surface area contributed by atoms with E-state index in [1.54, 1.807) is 0 Å². The van der Waals surface area contributed by atoms with Crippen molar-refractivity contribution in [3.63, 3.8) is 0 Å². The first-order chi connectivity index (χ1) is 13.7. The van der Waals surface area contributed by atoms with E-state index in [-0.39, 0.29) is 5.54 Å². The summed E-state index contributed by atoms with van der Waals surface area (Å²) in [5.41, 5.74) is 0.565. The van der Waals surface area contributed by atoms with E-state index < -0.39 is 0 Å². The molecule has 162 valence electrons. The smallest absolute Gasteiger partial charge is 0.191 e. The molecule has 0 unspecified atom stereocenters. The van der Waals surface area contributed by atoms with Crippen LogP contribution in [0, 0.1) is 5.41 Å². The lowest BCUT2D eigenvalue weighted by molar-refractivity contribution is -0.0164. The second-order valence-corrected chi connectivity index (χ2v) is 9.03. The second kappa shape index (κ2) is 10.8. The Hall–Kier alpha value is -0.850. The molecule has 2 N–H and O–H groups in total. The van der Waals surface area contributed by atoms with Crippen LogP contribution in [0.15, 0.2) is 4.99 Å². The summed E-state index contributed by atoms with van der Waals surface area (Å²) in [4.78, 5) is 7.76. The Morgan fingerprint density at radius 2 is 1.75 bits per heavy atom. The minimum Gasteiger partial charge on any atom is -0.385 e. The molecule has 0 aromatic carbocycles. The number of rotatable bonds is 9. The molecule has 2 aliphatic heterocycles. The molecule has 28 heavy (non-hydrogen) atoms. The van der Waals surface area contributed by atoms with Gasteiger partial charge in [-0.3, -0.25) is 9.89 Å². The maximum absolute atomic E-state index is 5.69. The van der Waals surface area contributed by atoms with Gasteiger partial charge in [-0.05, 0) is 70.4 Å². The molecular weight excluding hydrogens is 352 g/mol. The van der Waals surface area contributed by atoms with Crippen molar-refractivity contribution in [3.05, 3.63) is 0 Å². The number of aliphatic imine (C=N–C) groups is 1. The third-order valence-corrected chi connectivity index (χ3v) is 7.20. The molecule has 0 spiro atoms. The van der Waals surface area contributed by atoms with Crippen molar-refractivity contribution in [2.45, 2.75) is 70.3 Å². The van der Waals surface area contributed by atoms with Crippen molar-refractivity contribution in [1.82, 2.24) is 15.5 Å². The van der Waals surface area contributed by atoms with Crippen molar-refractivity contribution in [1.29, 1.82) is 0 Å². The zero-order chi connectivity index (χ0) is 19.7. The van der Waals surface area contributed by atoms with Gasteiger partial charge >= 0.3 is 0 Å². The highest BCUT2D eigenvalue weighted by Crippen LogP contribution is 2.41. The first-order valence-corrected chi connectivity index (χ1v) is 11.6. The number of hydrogen-bond acceptors (Lipinski definition) is 4. The molecule has 0 radical (unpaired) electrons. The third kappa shape index (κ3) is 5.61. The highest BCUT2D eigenvalue weighted by atomic mass is 16.5. The molecule has 2 saturated heterocycles. The lowest BCUT2D eigenvalue weighted by Gasteiger charge is -2.45. The normalized spacial score (nSPS) is 25.1. The average molecular weight is 395 g/mol. The third-order valence-electron chi connectivity index (χ3n) is 7.20. The van der Waals surface area contributed by atoms with E-state index in [2.05, 4.69) is 22.5 Å². The lowest BCUT2D eigenvalue weighted by atomic mass is 9.83. The molecule has 6 heteroatoms. The molecular formula is C22H42N4O2. The van der Waals surface area contributed by atoms with Gasteiger partial charge in [-0.2, -0.15) is 0 Å². The van der Waals surface area contributed by atoms with Crippen LogP contribution in [0.25, 0.3) is 0 Å². The molecule has 3 fully saturated rings. The van der Waals surface area contributed by atoms with E-state index in [0.717, 1.165) is 64.7 Å². The van der Waals surface area contributed by atoms with Gasteiger partial charge in [-0.15, -0.1) is 0 Å². The van der Waals surface area contributed by atoms with Crippen LogP contribution in [-0.2, 0) is 9.47 Å². The average Bonchev–Trinajstić information content (AvgIpc) is 3.42. The summed E-state index contributed by atoms with van der Waals surface area (Å²) in [6, 6.07) is 0. The quantitative estimate of drug-likeness (QED) is 0.465. The molecule has 0 amide bonds. The Balaban J connectivity index is 1.63. The molecule has 6 nitrogen and oxygen atoms in total. The number of guanidine groups is 1. The molecule has 0 aromatic rings. The van der Waals surface area contributed by atoms with E-state index in [1.165, 1.54) is 51.6 Å². The lowest BCUT2D eigenvalue weighted by Crippen LogP contribution is -2.58. The predicted molar refractivity (Wildman–Crippen MR) is 115 cm³/mol. The van der Waals surface area contributed by atoms with Gasteiger partial charge in [-0.1, -0.05) is 12.8 Å². The SMILES string of the molecule is CCNC(=NCC1(CCOC)CCCC1)NCC1(N2CCCC2)CCOCC1. The van der Waals surface area contributed by atoms with E-state index in [0.29, 0.717) is 5.41 Å². The van der Waals surface area contributed by atoms with E-state index in [4.69, 9.17) is 14.5 Å². The van der Waals surface area contributed by atoms with Crippen LogP contribution in [0.1, 0.15) is 64.7 Å². The molecule has 0 aromatic heterocycles. The highest BCUT2D eigenvalue weighted by molar-refractivity contribution is 5.79. The van der Waals surface area contributed by atoms with Gasteiger partial charge in [-0.25, -0.2) is 0 Å². The van der Waals surface area contributed by atoms with E-state index >= 15 is 0 Å². The van der Waals surface area contributed by atoms with Gasteiger partial charge in [0.05, 0.1) is 0 Å². The molecule has 0 atom stereocenters. The Labute approximate surface area is 171 Å². The first kappa shape index (κ1) is 21.8. The fraction of sp³-hybridized carbons (Fsp3) is 0.955. The Kier molecular flexibility index (Phi) is 8.42. The van der Waals surface area contributed by atoms with Crippen molar-refractivity contribution in [3.8, 4) is 0 Å². The number of nitrogens with zero attached hydrogens (tertiary/aromatic N) is 2. The highest BCUT2D eigenvalue weighted by Gasteiger charge is 2.40. The minimum absolute atomic E-state index is 0.228. The van der Waals surface area contributed by atoms with Gasteiger partial charge in [0.1, 0.15) is 0 Å². The summed E-state index contributed by atoms with van der Waals surface area (Å²) in [6.07, 6.45) is 11.3. The monoisotopic (exact) mass is 394 g/mol. The summed E-state index contributed by atoms with van der Waals surface area (Å²) in [5, 5.41) is 7.20. The molecule has 3 rings (SSSR count). The Bertz CT molecular complexity index is 479. The Morgan fingerprint density at radius 3 is 2.39 bits per heavy atom. The first-order valence-electron chi connectivity index (χ1n) is 11.6.